The first kappa shape index (κ1) is 20.6. The van der Waals surface area contributed by atoms with Crippen molar-refractivity contribution in [3.63, 3.8) is 0 Å². The summed E-state index contributed by atoms with van der Waals surface area (Å²) in [5.74, 6) is 0.292. The van der Waals surface area contributed by atoms with Crippen molar-refractivity contribution < 1.29 is 9.59 Å². The van der Waals surface area contributed by atoms with Crippen LogP contribution < -0.4 is 0 Å². The number of carbonyl (C=O) groups excluding carboxylic acids is 2. The minimum absolute atomic E-state index is 0.0723. The highest BCUT2D eigenvalue weighted by Crippen LogP contribution is 2.40. The summed E-state index contributed by atoms with van der Waals surface area (Å²) in [6.07, 6.45) is 3.62. The molecular formula is C23H33NO2S. The van der Waals surface area contributed by atoms with Gasteiger partial charge < -0.3 is 0 Å². The molecule has 0 radical (unpaired) electrons. The molecule has 2 atom stereocenters. The molecule has 27 heavy (non-hydrogen) atoms. The van der Waals surface area contributed by atoms with Gasteiger partial charge >= 0.3 is 0 Å². The van der Waals surface area contributed by atoms with E-state index in [0.29, 0.717) is 17.6 Å². The Balaban J connectivity index is 1.66. The van der Waals surface area contributed by atoms with Crippen molar-refractivity contribution in [3.05, 3.63) is 34.4 Å². The van der Waals surface area contributed by atoms with E-state index < -0.39 is 5.92 Å². The zero-order valence-electron chi connectivity index (χ0n) is 17.4. The molecule has 3 rings (SSSR count). The highest BCUT2D eigenvalue weighted by Gasteiger charge is 2.43. The number of piperidine rings is 1. The highest BCUT2D eigenvalue weighted by molar-refractivity contribution is 7.97. The fourth-order valence-electron chi connectivity index (χ4n) is 4.96. The van der Waals surface area contributed by atoms with Gasteiger partial charge in [-0.25, -0.2) is 0 Å². The number of benzene rings is 1. The first-order valence-electron chi connectivity index (χ1n) is 10.3. The van der Waals surface area contributed by atoms with E-state index in [1.54, 1.807) is 0 Å². The van der Waals surface area contributed by atoms with E-state index in [9.17, 15) is 9.59 Å². The summed E-state index contributed by atoms with van der Waals surface area (Å²) in [5.41, 5.74) is 4.33. The Morgan fingerprint density at radius 1 is 1.07 bits per heavy atom. The molecule has 148 valence electrons. The molecule has 0 spiro atoms. The van der Waals surface area contributed by atoms with Gasteiger partial charge in [0, 0.05) is 30.7 Å². The summed E-state index contributed by atoms with van der Waals surface area (Å²) in [7, 11) is 0. The summed E-state index contributed by atoms with van der Waals surface area (Å²) >= 11 is 1.94. The Morgan fingerprint density at radius 2 is 1.67 bits per heavy atom. The normalized spacial score (nSPS) is 25.0. The Morgan fingerprint density at radius 3 is 2.22 bits per heavy atom. The Hall–Kier alpha value is -1.13. The number of nitrogens with zero attached hydrogens (tertiary/aromatic N) is 1. The van der Waals surface area contributed by atoms with Crippen LogP contribution in [0.15, 0.2) is 12.1 Å². The van der Waals surface area contributed by atoms with Gasteiger partial charge in [0.1, 0.15) is 11.7 Å². The largest absolute Gasteiger partial charge is 0.298 e. The van der Waals surface area contributed by atoms with E-state index in [1.165, 1.54) is 5.56 Å². The zero-order valence-corrected chi connectivity index (χ0v) is 18.2. The van der Waals surface area contributed by atoms with Crippen LogP contribution in [0.3, 0.4) is 0 Å². The summed E-state index contributed by atoms with van der Waals surface area (Å²) in [4.78, 5) is 25.9. The topological polar surface area (TPSA) is 37.4 Å². The molecule has 1 heterocycles. The van der Waals surface area contributed by atoms with Gasteiger partial charge in [-0.3, -0.25) is 13.9 Å². The fraction of sp³-hybridized carbons (Fsp3) is 0.652. The molecule has 0 aromatic heterocycles. The van der Waals surface area contributed by atoms with Crippen LogP contribution in [0.5, 0.6) is 0 Å². The van der Waals surface area contributed by atoms with E-state index >= 15 is 0 Å². The average molecular weight is 388 g/mol. The lowest BCUT2D eigenvalue weighted by Crippen LogP contribution is -2.31. The van der Waals surface area contributed by atoms with Gasteiger partial charge in [0.15, 0.2) is 5.78 Å². The molecular weight excluding hydrogens is 354 g/mol. The lowest BCUT2D eigenvalue weighted by Gasteiger charge is -2.32. The first-order chi connectivity index (χ1) is 12.8. The molecule has 2 fully saturated rings. The van der Waals surface area contributed by atoms with E-state index in [-0.39, 0.29) is 17.5 Å². The maximum absolute atomic E-state index is 13.2. The molecule has 1 aromatic carbocycles. The molecule has 4 heteroatoms. The third-order valence-electron chi connectivity index (χ3n) is 6.03. The second kappa shape index (κ2) is 8.48. The van der Waals surface area contributed by atoms with Crippen molar-refractivity contribution in [1.29, 1.82) is 0 Å². The predicted molar refractivity (Wildman–Crippen MR) is 113 cm³/mol. The standard InChI is InChI=1S/C23H33NO2S/c1-14(2)27-24-8-6-18(7-9-24)12-19-13-20(25)22(23(19)26)21-16(4)10-15(3)11-17(21)5/h10-11,14,18-19,22H,6-9,12-13H2,1-5H3. The molecule has 3 nitrogen and oxygen atoms in total. The Kier molecular flexibility index (Phi) is 6.47. The first-order valence-corrected chi connectivity index (χ1v) is 11.2. The summed E-state index contributed by atoms with van der Waals surface area (Å²) in [6, 6.07) is 4.19. The monoisotopic (exact) mass is 387 g/mol. The van der Waals surface area contributed by atoms with Crippen molar-refractivity contribution >= 4 is 23.5 Å². The number of hydrogen-bond donors (Lipinski definition) is 0. The molecule has 0 N–H and O–H groups in total. The molecule has 1 saturated carbocycles. The number of rotatable bonds is 5. The van der Waals surface area contributed by atoms with Gasteiger partial charge in [0.25, 0.3) is 0 Å². The lowest BCUT2D eigenvalue weighted by atomic mass is 9.83. The minimum Gasteiger partial charge on any atom is -0.298 e. The molecule has 1 aromatic rings. The number of hydrogen-bond acceptors (Lipinski definition) is 4. The smallest absolute Gasteiger partial charge is 0.151 e. The Bertz CT molecular complexity index is 696. The second-order valence-electron chi connectivity index (χ2n) is 8.78. The van der Waals surface area contributed by atoms with Crippen LogP contribution in [-0.4, -0.2) is 34.2 Å². The van der Waals surface area contributed by atoms with Crippen LogP contribution in [0.4, 0.5) is 0 Å². The second-order valence-corrected chi connectivity index (χ2v) is 10.4. The van der Waals surface area contributed by atoms with Crippen molar-refractivity contribution in [2.45, 2.75) is 71.5 Å². The quantitative estimate of drug-likeness (QED) is 0.526. The van der Waals surface area contributed by atoms with Crippen molar-refractivity contribution in [2.24, 2.45) is 11.8 Å². The maximum Gasteiger partial charge on any atom is 0.151 e. The SMILES string of the molecule is Cc1cc(C)c(C2C(=O)CC(CC3CCN(SC(C)C)CC3)C2=O)c(C)c1. The van der Waals surface area contributed by atoms with Gasteiger partial charge in [0.2, 0.25) is 0 Å². The number of Topliss-reactive ketones (excluding diaryl/α,β-unsaturated/α-hetero) is 2. The van der Waals surface area contributed by atoms with Crippen LogP contribution in [0.25, 0.3) is 0 Å². The molecule has 0 amide bonds. The highest BCUT2D eigenvalue weighted by atomic mass is 32.2. The van der Waals surface area contributed by atoms with Crippen molar-refractivity contribution in [1.82, 2.24) is 4.31 Å². The maximum atomic E-state index is 13.2. The molecule has 0 bridgehead atoms. The molecule has 1 aliphatic carbocycles. The van der Waals surface area contributed by atoms with Gasteiger partial charge in [-0.05, 0) is 62.6 Å². The predicted octanol–water partition coefficient (Wildman–Crippen LogP) is 5.01. The molecule has 1 saturated heterocycles. The van der Waals surface area contributed by atoms with E-state index in [0.717, 1.165) is 49.0 Å². The van der Waals surface area contributed by atoms with E-state index in [2.05, 4.69) is 37.2 Å². The third kappa shape index (κ3) is 4.65. The Labute approximate surface area is 168 Å². The molecule has 2 unspecified atom stereocenters. The van der Waals surface area contributed by atoms with Crippen LogP contribution in [0, 0.1) is 32.6 Å². The fourth-order valence-corrected chi connectivity index (χ4v) is 5.97. The minimum atomic E-state index is -0.521. The van der Waals surface area contributed by atoms with E-state index in [1.807, 2.05) is 25.8 Å². The zero-order chi connectivity index (χ0) is 19.7. The molecule has 2 aliphatic rings. The summed E-state index contributed by atoms with van der Waals surface area (Å²) in [5, 5.41) is 0.623. The molecule has 1 aliphatic heterocycles. The van der Waals surface area contributed by atoms with Gasteiger partial charge in [-0.2, -0.15) is 0 Å². The van der Waals surface area contributed by atoms with Crippen molar-refractivity contribution in [2.75, 3.05) is 13.1 Å². The van der Waals surface area contributed by atoms with Gasteiger partial charge in [-0.1, -0.05) is 43.5 Å². The van der Waals surface area contributed by atoms with Crippen LogP contribution in [-0.2, 0) is 9.59 Å². The lowest BCUT2D eigenvalue weighted by molar-refractivity contribution is -0.125. The summed E-state index contributed by atoms with van der Waals surface area (Å²) < 4.78 is 2.46. The van der Waals surface area contributed by atoms with Crippen LogP contribution in [0.1, 0.15) is 67.7 Å². The average Bonchev–Trinajstić information content (AvgIpc) is 2.83. The van der Waals surface area contributed by atoms with Gasteiger partial charge in [-0.15, -0.1) is 0 Å². The van der Waals surface area contributed by atoms with Crippen LogP contribution >= 0.6 is 11.9 Å². The van der Waals surface area contributed by atoms with Crippen LogP contribution in [0.2, 0.25) is 0 Å². The third-order valence-corrected chi connectivity index (χ3v) is 7.12. The number of carbonyl (C=O) groups is 2. The number of aryl methyl sites for hydroxylation is 3. The van der Waals surface area contributed by atoms with Gasteiger partial charge in [0.05, 0.1) is 0 Å². The number of ketones is 2. The summed E-state index contributed by atoms with van der Waals surface area (Å²) in [6.45, 7) is 12.8. The van der Waals surface area contributed by atoms with Crippen molar-refractivity contribution in [3.8, 4) is 0 Å². The van der Waals surface area contributed by atoms with E-state index in [4.69, 9.17) is 0 Å².